The molecule has 0 saturated heterocycles. The van der Waals surface area contributed by atoms with Gasteiger partial charge in [-0.1, -0.05) is 17.7 Å². The average molecular weight is 293 g/mol. The van der Waals surface area contributed by atoms with E-state index in [1.807, 2.05) is 32.0 Å². The smallest absolute Gasteiger partial charge is 0.262 e. The lowest BCUT2D eigenvalue weighted by Gasteiger charge is -2.09. The average Bonchev–Trinajstić information content (AvgIpc) is 2.49. The predicted octanol–water partition coefficient (Wildman–Crippen LogP) is 2.79. The fraction of sp³-hybridized carbons (Fsp3) is 0.118. The summed E-state index contributed by atoms with van der Waals surface area (Å²) < 4.78 is 0. The minimum absolute atomic E-state index is 0.0699. The van der Waals surface area contributed by atoms with Crippen molar-refractivity contribution in [3.05, 3.63) is 69.6 Å². The van der Waals surface area contributed by atoms with Crippen molar-refractivity contribution >= 4 is 22.6 Å². The third-order valence-electron chi connectivity index (χ3n) is 3.49. The molecule has 0 aliphatic carbocycles. The first-order valence-electron chi connectivity index (χ1n) is 6.91. The number of H-pyrrole nitrogens is 1. The summed E-state index contributed by atoms with van der Waals surface area (Å²) in [6.07, 6.45) is 1.59. The van der Waals surface area contributed by atoms with Gasteiger partial charge in [0.1, 0.15) is 11.2 Å². The van der Waals surface area contributed by atoms with Crippen LogP contribution in [0.2, 0.25) is 0 Å². The van der Waals surface area contributed by atoms with E-state index in [4.69, 9.17) is 0 Å². The molecule has 0 bridgehead atoms. The Kier molecular flexibility index (Phi) is 3.47. The van der Waals surface area contributed by atoms with Gasteiger partial charge in [0.15, 0.2) is 0 Å². The van der Waals surface area contributed by atoms with E-state index in [9.17, 15) is 9.59 Å². The third-order valence-corrected chi connectivity index (χ3v) is 3.49. The number of nitrogens with one attached hydrogen (secondary N) is 2. The molecule has 1 amide bonds. The van der Waals surface area contributed by atoms with Crippen LogP contribution in [0.5, 0.6) is 0 Å². The maximum Gasteiger partial charge on any atom is 0.262 e. The van der Waals surface area contributed by atoms with E-state index in [2.05, 4.69) is 15.3 Å². The molecule has 0 aliphatic rings. The van der Waals surface area contributed by atoms with Crippen LogP contribution in [0.4, 0.5) is 5.69 Å². The van der Waals surface area contributed by atoms with E-state index >= 15 is 0 Å². The Morgan fingerprint density at radius 1 is 1.18 bits per heavy atom. The fourth-order valence-electron chi connectivity index (χ4n) is 2.35. The van der Waals surface area contributed by atoms with Gasteiger partial charge in [-0.05, 0) is 43.7 Å². The number of hydrogen-bond donors (Lipinski definition) is 2. The molecule has 5 heteroatoms. The van der Waals surface area contributed by atoms with Crippen LogP contribution in [0.3, 0.4) is 0 Å². The predicted molar refractivity (Wildman–Crippen MR) is 86.2 cm³/mol. The number of fused-ring (bicyclic) bond motifs is 1. The highest BCUT2D eigenvalue weighted by Crippen LogP contribution is 2.17. The van der Waals surface area contributed by atoms with Gasteiger partial charge in [-0.3, -0.25) is 9.59 Å². The lowest BCUT2D eigenvalue weighted by molar-refractivity contribution is 0.102. The highest BCUT2D eigenvalue weighted by molar-refractivity contribution is 6.05. The summed E-state index contributed by atoms with van der Waals surface area (Å²) in [4.78, 5) is 31.1. The van der Waals surface area contributed by atoms with Crippen molar-refractivity contribution in [3.8, 4) is 0 Å². The number of aryl methyl sites for hydroxylation is 2. The Hall–Kier alpha value is -2.95. The molecule has 110 valence electrons. The normalized spacial score (nSPS) is 10.6. The van der Waals surface area contributed by atoms with E-state index in [0.29, 0.717) is 16.7 Å². The molecule has 2 N–H and O–H groups in total. The molecule has 2 heterocycles. The maximum absolute atomic E-state index is 12.4. The van der Waals surface area contributed by atoms with Crippen LogP contribution in [0.15, 0.2) is 47.4 Å². The summed E-state index contributed by atoms with van der Waals surface area (Å²) in [6, 6.07) is 10.8. The van der Waals surface area contributed by atoms with Crippen LogP contribution in [0, 0.1) is 13.8 Å². The lowest BCUT2D eigenvalue weighted by Crippen LogP contribution is -2.23. The summed E-state index contributed by atoms with van der Waals surface area (Å²) in [7, 11) is 0. The zero-order valence-electron chi connectivity index (χ0n) is 12.3. The minimum atomic E-state index is -0.450. The van der Waals surface area contributed by atoms with Gasteiger partial charge in [0, 0.05) is 17.3 Å². The fourth-order valence-corrected chi connectivity index (χ4v) is 2.35. The summed E-state index contributed by atoms with van der Waals surface area (Å²) >= 11 is 0. The van der Waals surface area contributed by atoms with E-state index in [1.165, 1.54) is 0 Å². The van der Waals surface area contributed by atoms with Crippen molar-refractivity contribution in [2.24, 2.45) is 0 Å². The minimum Gasteiger partial charge on any atom is -0.322 e. The molecule has 0 unspecified atom stereocenters. The Labute approximate surface area is 127 Å². The largest absolute Gasteiger partial charge is 0.322 e. The molecule has 22 heavy (non-hydrogen) atoms. The summed E-state index contributed by atoms with van der Waals surface area (Å²) in [5, 5.41) is 3.50. The monoisotopic (exact) mass is 293 g/mol. The van der Waals surface area contributed by atoms with Crippen LogP contribution >= 0.6 is 0 Å². The molecular formula is C17H15N3O2. The number of carbonyl (C=O) groups is 1. The molecule has 0 aliphatic heterocycles. The highest BCUT2D eigenvalue weighted by atomic mass is 16.2. The van der Waals surface area contributed by atoms with Crippen LogP contribution in [-0.4, -0.2) is 15.9 Å². The van der Waals surface area contributed by atoms with Gasteiger partial charge in [-0.25, -0.2) is 4.98 Å². The van der Waals surface area contributed by atoms with Gasteiger partial charge in [0.05, 0.1) is 0 Å². The first kappa shape index (κ1) is 14.0. The van der Waals surface area contributed by atoms with E-state index < -0.39 is 11.5 Å². The number of hydrogen-bond acceptors (Lipinski definition) is 3. The number of aromatic amines is 1. The van der Waals surface area contributed by atoms with Crippen molar-refractivity contribution in [1.29, 1.82) is 0 Å². The number of anilines is 1. The first-order chi connectivity index (χ1) is 10.5. The molecule has 0 atom stereocenters. The number of amides is 1. The molecule has 0 radical (unpaired) electrons. The SMILES string of the molecule is Cc1ccc(NC(=O)c2cc3cccnc3[nH]c2=O)c(C)c1. The molecule has 0 saturated carbocycles. The van der Waals surface area contributed by atoms with Gasteiger partial charge < -0.3 is 10.3 Å². The number of aromatic nitrogens is 2. The van der Waals surface area contributed by atoms with Crippen molar-refractivity contribution in [2.45, 2.75) is 13.8 Å². The zero-order valence-corrected chi connectivity index (χ0v) is 12.3. The summed E-state index contributed by atoms with van der Waals surface area (Å²) in [5.41, 5.74) is 2.85. The lowest BCUT2D eigenvalue weighted by atomic mass is 10.1. The van der Waals surface area contributed by atoms with Gasteiger partial charge in [-0.15, -0.1) is 0 Å². The quantitative estimate of drug-likeness (QED) is 0.763. The second-order valence-corrected chi connectivity index (χ2v) is 5.23. The number of nitrogens with zero attached hydrogens (tertiary/aromatic N) is 1. The van der Waals surface area contributed by atoms with Crippen LogP contribution in [0.1, 0.15) is 21.5 Å². The molecule has 0 spiro atoms. The van der Waals surface area contributed by atoms with E-state index in [-0.39, 0.29) is 5.56 Å². The second-order valence-electron chi connectivity index (χ2n) is 5.23. The first-order valence-corrected chi connectivity index (χ1v) is 6.91. The molecule has 3 aromatic rings. The topological polar surface area (TPSA) is 74.8 Å². The molecule has 1 aromatic carbocycles. The second kappa shape index (κ2) is 5.44. The van der Waals surface area contributed by atoms with Gasteiger partial charge in [-0.2, -0.15) is 0 Å². The molecular weight excluding hydrogens is 278 g/mol. The number of carbonyl (C=O) groups excluding carboxylic acids is 1. The van der Waals surface area contributed by atoms with Crippen molar-refractivity contribution in [2.75, 3.05) is 5.32 Å². The molecule has 2 aromatic heterocycles. The summed E-state index contributed by atoms with van der Waals surface area (Å²) in [5.74, 6) is -0.432. The van der Waals surface area contributed by atoms with Crippen LogP contribution in [-0.2, 0) is 0 Å². The van der Waals surface area contributed by atoms with Gasteiger partial charge in [0.2, 0.25) is 0 Å². The zero-order chi connectivity index (χ0) is 15.7. The molecule has 5 nitrogen and oxygen atoms in total. The Bertz CT molecular complexity index is 929. The van der Waals surface area contributed by atoms with E-state index in [0.717, 1.165) is 11.1 Å². The van der Waals surface area contributed by atoms with Crippen molar-refractivity contribution < 1.29 is 4.79 Å². The standard InChI is InChI=1S/C17H15N3O2/c1-10-5-6-14(11(2)8-10)19-16(21)13-9-12-4-3-7-18-15(12)20-17(13)22/h3-9H,1-2H3,(H,19,21)(H,18,20,22). The number of rotatable bonds is 2. The Morgan fingerprint density at radius 2 is 2.00 bits per heavy atom. The van der Waals surface area contributed by atoms with Crippen LogP contribution in [0.25, 0.3) is 11.0 Å². The maximum atomic E-state index is 12.4. The van der Waals surface area contributed by atoms with Crippen molar-refractivity contribution in [1.82, 2.24) is 9.97 Å². The van der Waals surface area contributed by atoms with Gasteiger partial charge in [0.25, 0.3) is 11.5 Å². The molecule has 3 rings (SSSR count). The van der Waals surface area contributed by atoms with Gasteiger partial charge >= 0.3 is 0 Å². The Morgan fingerprint density at radius 3 is 2.77 bits per heavy atom. The third kappa shape index (κ3) is 2.61. The van der Waals surface area contributed by atoms with Crippen LogP contribution < -0.4 is 10.9 Å². The summed E-state index contributed by atoms with van der Waals surface area (Å²) in [6.45, 7) is 3.90. The molecule has 0 fully saturated rings. The number of benzene rings is 1. The van der Waals surface area contributed by atoms with Crippen molar-refractivity contribution in [3.63, 3.8) is 0 Å². The van der Waals surface area contributed by atoms with E-state index in [1.54, 1.807) is 24.4 Å². The number of pyridine rings is 2. The Balaban J connectivity index is 1.98. The highest BCUT2D eigenvalue weighted by Gasteiger charge is 2.13.